The number of benzene rings is 2. The van der Waals surface area contributed by atoms with Crippen molar-refractivity contribution in [2.75, 3.05) is 12.4 Å². The first-order valence-corrected chi connectivity index (χ1v) is 13.5. The van der Waals surface area contributed by atoms with Crippen molar-refractivity contribution in [1.29, 1.82) is 0 Å². The van der Waals surface area contributed by atoms with Gasteiger partial charge in [0, 0.05) is 28.9 Å². The number of anilines is 1. The van der Waals surface area contributed by atoms with E-state index in [0.29, 0.717) is 22.6 Å². The van der Waals surface area contributed by atoms with Crippen molar-refractivity contribution < 1.29 is 9.18 Å². The van der Waals surface area contributed by atoms with Gasteiger partial charge in [-0.15, -0.1) is 10.2 Å². The summed E-state index contributed by atoms with van der Waals surface area (Å²) in [5, 5.41) is 20.5. The first kappa shape index (κ1) is 27.6. The van der Waals surface area contributed by atoms with Crippen molar-refractivity contribution in [3.63, 3.8) is 0 Å². The number of fused-ring (bicyclic) bond motifs is 1. The summed E-state index contributed by atoms with van der Waals surface area (Å²) in [6.45, 7) is 3.73. The molecule has 12 nitrogen and oxygen atoms in total. The van der Waals surface area contributed by atoms with E-state index in [9.17, 15) is 14.0 Å². The maximum atomic E-state index is 13.9. The summed E-state index contributed by atoms with van der Waals surface area (Å²) >= 11 is 0. The molecule has 1 amide bonds. The Morgan fingerprint density at radius 2 is 1.93 bits per heavy atom. The summed E-state index contributed by atoms with van der Waals surface area (Å²) in [5.74, 6) is -0.385. The summed E-state index contributed by atoms with van der Waals surface area (Å²) < 4.78 is 17.4. The molecule has 0 aliphatic carbocycles. The van der Waals surface area contributed by atoms with Gasteiger partial charge in [0.2, 0.25) is 11.7 Å². The quantitative estimate of drug-likeness (QED) is 0.249. The third kappa shape index (κ3) is 5.40. The highest BCUT2D eigenvalue weighted by atomic mass is 19.1. The smallest absolute Gasteiger partial charge is 0.294 e. The Morgan fingerprint density at radius 3 is 2.72 bits per heavy atom. The topological polar surface area (TPSA) is 148 Å². The molecule has 3 N–H and O–H groups in total. The van der Waals surface area contributed by atoms with Crippen molar-refractivity contribution in [3.8, 4) is 28.3 Å². The van der Waals surface area contributed by atoms with Gasteiger partial charge in [0.25, 0.3) is 5.56 Å². The minimum atomic E-state index is -0.532. The van der Waals surface area contributed by atoms with Gasteiger partial charge in [-0.05, 0) is 67.6 Å². The van der Waals surface area contributed by atoms with Crippen LogP contribution in [0.1, 0.15) is 18.1 Å². The number of aromatic nitrogens is 8. The molecule has 0 saturated carbocycles. The minimum Gasteiger partial charge on any atom is -0.315 e. The number of carbonyl (C=O) groups is 1. The van der Waals surface area contributed by atoms with Crippen molar-refractivity contribution in [3.05, 3.63) is 101 Å². The fourth-order valence-corrected chi connectivity index (χ4v) is 4.87. The van der Waals surface area contributed by atoms with Gasteiger partial charge < -0.3 is 15.2 Å². The van der Waals surface area contributed by atoms with Crippen molar-refractivity contribution in [2.45, 2.75) is 26.4 Å². The molecule has 6 rings (SSSR count). The van der Waals surface area contributed by atoms with Crippen LogP contribution in [-0.4, -0.2) is 58.7 Å². The van der Waals surface area contributed by atoms with Gasteiger partial charge in [-0.1, -0.05) is 18.2 Å². The maximum absolute atomic E-state index is 13.9. The molecule has 0 bridgehead atoms. The van der Waals surface area contributed by atoms with E-state index >= 15 is 0 Å². The molecule has 4 aromatic heterocycles. The van der Waals surface area contributed by atoms with E-state index in [-0.39, 0.29) is 24.1 Å². The second kappa shape index (κ2) is 11.4. The van der Waals surface area contributed by atoms with Crippen molar-refractivity contribution in [2.24, 2.45) is 0 Å². The Balaban J connectivity index is 1.44. The van der Waals surface area contributed by atoms with E-state index in [0.717, 1.165) is 27.7 Å². The van der Waals surface area contributed by atoms with Crippen LogP contribution in [0, 0.1) is 12.7 Å². The predicted octanol–water partition coefficient (Wildman–Crippen LogP) is 3.47. The third-order valence-corrected chi connectivity index (χ3v) is 7.25. The molecule has 1 unspecified atom stereocenters. The molecule has 2 aromatic carbocycles. The van der Waals surface area contributed by atoms with Crippen LogP contribution in [0.4, 0.5) is 10.2 Å². The Bertz CT molecular complexity index is 2020. The van der Waals surface area contributed by atoms with Gasteiger partial charge >= 0.3 is 0 Å². The van der Waals surface area contributed by atoms with E-state index in [1.807, 2.05) is 48.0 Å². The van der Waals surface area contributed by atoms with Gasteiger partial charge in [-0.25, -0.2) is 9.37 Å². The lowest BCUT2D eigenvalue weighted by Gasteiger charge is -2.17. The number of pyridine rings is 1. The molecule has 6 aromatic rings. The lowest BCUT2D eigenvalue weighted by atomic mass is 10.1. The fourth-order valence-electron chi connectivity index (χ4n) is 4.87. The lowest BCUT2D eigenvalue weighted by molar-refractivity contribution is -0.117. The molecular formula is C30H27FN10O2. The average molecular weight is 579 g/mol. The highest BCUT2D eigenvalue weighted by Gasteiger charge is 2.18. The monoisotopic (exact) mass is 578 g/mol. The molecule has 1 atom stereocenters. The number of rotatable bonds is 8. The van der Waals surface area contributed by atoms with Crippen LogP contribution in [0.25, 0.3) is 39.2 Å². The van der Waals surface area contributed by atoms with Gasteiger partial charge in [0.15, 0.2) is 5.82 Å². The molecule has 43 heavy (non-hydrogen) atoms. The van der Waals surface area contributed by atoms with Gasteiger partial charge in [0.1, 0.15) is 5.82 Å². The number of hydrogen-bond acceptors (Lipinski definition) is 8. The van der Waals surface area contributed by atoms with Crippen molar-refractivity contribution in [1.82, 2.24) is 45.0 Å². The fraction of sp³-hybridized carbons (Fsp3) is 0.167. The largest absolute Gasteiger partial charge is 0.315 e. The number of halogens is 1. The minimum absolute atomic E-state index is 0.0941. The first-order valence-electron chi connectivity index (χ1n) is 13.5. The summed E-state index contributed by atoms with van der Waals surface area (Å²) in [6, 6.07) is 13.4. The molecule has 0 radical (unpaired) electrons. The SMILES string of the molecule is CNC(C)C(=O)Nc1ncc(-c2cccc(-c3nn[nH]n3)c2)n(Cc2cncc(-n3cc(C)c4cc(F)ccc43)c2)c1=O. The molecule has 0 saturated heterocycles. The van der Waals surface area contributed by atoms with Gasteiger partial charge in [0.05, 0.1) is 41.9 Å². The Kier molecular flexibility index (Phi) is 7.30. The molecule has 216 valence electrons. The summed E-state index contributed by atoms with van der Waals surface area (Å²) in [5.41, 5.74) is 4.64. The maximum Gasteiger partial charge on any atom is 0.294 e. The second-order valence-electron chi connectivity index (χ2n) is 10.1. The van der Waals surface area contributed by atoms with E-state index in [4.69, 9.17) is 0 Å². The molecule has 0 spiro atoms. The number of H-pyrrole nitrogens is 1. The van der Waals surface area contributed by atoms with Gasteiger partial charge in [-0.2, -0.15) is 5.21 Å². The number of hydrogen-bond donors (Lipinski definition) is 3. The number of nitrogens with zero attached hydrogens (tertiary/aromatic N) is 7. The number of aryl methyl sites for hydroxylation is 1. The van der Waals surface area contributed by atoms with Crippen LogP contribution in [0.3, 0.4) is 0 Å². The number of tetrazole rings is 1. The van der Waals surface area contributed by atoms with Crippen LogP contribution in [0.2, 0.25) is 0 Å². The average Bonchev–Trinajstić information content (AvgIpc) is 3.67. The van der Waals surface area contributed by atoms with Crippen LogP contribution in [0.5, 0.6) is 0 Å². The number of nitrogens with one attached hydrogen (secondary N) is 3. The van der Waals surface area contributed by atoms with Crippen LogP contribution in [-0.2, 0) is 11.3 Å². The normalized spacial score (nSPS) is 12.0. The number of carbonyl (C=O) groups excluding carboxylic acids is 1. The Hall–Kier alpha value is -5.56. The molecule has 0 fully saturated rings. The van der Waals surface area contributed by atoms with E-state index in [2.05, 4.69) is 41.2 Å². The second-order valence-corrected chi connectivity index (χ2v) is 10.1. The standard InChI is InChI=1S/C30H27FN10O2/c1-17-15-40(25-8-7-22(31)11-24(17)25)23-9-19(12-33-13-23)16-41-26(14-34-28(30(41)43)35-29(42)18(2)32-3)20-5-4-6-21(10-20)27-36-38-39-37-27/h4-15,18,32H,16H2,1-3H3,(H,34,35,42)(H,36,37,38,39). The Morgan fingerprint density at radius 1 is 1.09 bits per heavy atom. The highest BCUT2D eigenvalue weighted by molar-refractivity contribution is 5.93. The Labute approximate surface area is 244 Å². The zero-order valence-corrected chi connectivity index (χ0v) is 23.5. The third-order valence-electron chi connectivity index (χ3n) is 7.25. The van der Waals surface area contributed by atoms with Crippen LogP contribution >= 0.6 is 0 Å². The molecule has 4 heterocycles. The van der Waals surface area contributed by atoms with Crippen molar-refractivity contribution >= 4 is 22.6 Å². The molecule has 0 aliphatic heterocycles. The van der Waals surface area contributed by atoms with Crippen LogP contribution in [0.15, 0.2) is 78.1 Å². The van der Waals surface area contributed by atoms with E-state index in [1.165, 1.54) is 16.7 Å². The first-order chi connectivity index (χ1) is 20.8. The zero-order valence-electron chi connectivity index (χ0n) is 23.5. The van der Waals surface area contributed by atoms with E-state index in [1.54, 1.807) is 38.6 Å². The number of likely N-dealkylation sites (N-methyl/N-ethyl adjacent to an activating group) is 1. The number of amides is 1. The van der Waals surface area contributed by atoms with Crippen LogP contribution < -0.4 is 16.2 Å². The molecular weight excluding hydrogens is 551 g/mol. The van der Waals surface area contributed by atoms with E-state index < -0.39 is 11.6 Å². The summed E-state index contributed by atoms with van der Waals surface area (Å²) in [6.07, 6.45) is 6.86. The lowest BCUT2D eigenvalue weighted by Crippen LogP contribution is -2.38. The van der Waals surface area contributed by atoms with Gasteiger partial charge in [-0.3, -0.25) is 19.1 Å². The molecule has 13 heteroatoms. The molecule has 0 aliphatic rings. The zero-order chi connectivity index (χ0) is 30.1. The predicted molar refractivity (Wildman–Crippen MR) is 159 cm³/mol. The summed E-state index contributed by atoms with van der Waals surface area (Å²) in [4.78, 5) is 35.2. The number of aromatic amines is 1. The summed E-state index contributed by atoms with van der Waals surface area (Å²) in [7, 11) is 1.65. The highest BCUT2D eigenvalue weighted by Crippen LogP contribution is 2.27.